The highest BCUT2D eigenvalue weighted by Gasteiger charge is 2.08. The third-order valence-corrected chi connectivity index (χ3v) is 14.5. The van der Waals surface area contributed by atoms with E-state index >= 15 is 0 Å². The summed E-state index contributed by atoms with van der Waals surface area (Å²) in [4.78, 5) is 4.57. The quantitative estimate of drug-likeness (QED) is 0.0481. The van der Waals surface area contributed by atoms with Crippen LogP contribution in [0.25, 0.3) is 0 Å². The molecule has 0 heterocycles. The van der Waals surface area contributed by atoms with Gasteiger partial charge in [-0.05, 0) is 24.0 Å². The average molecular weight is 822 g/mol. The van der Waals surface area contributed by atoms with Gasteiger partial charge >= 0.3 is 0 Å². The molecule has 0 atom stereocenters. The van der Waals surface area contributed by atoms with Gasteiger partial charge in [0.1, 0.15) is 8.64 Å². The van der Waals surface area contributed by atoms with Crippen molar-refractivity contribution in [1.82, 2.24) is 9.80 Å². The second-order valence-corrected chi connectivity index (χ2v) is 19.6. The zero-order valence-electron chi connectivity index (χ0n) is 36.3. The van der Waals surface area contributed by atoms with Crippen molar-refractivity contribution >= 4 is 56.6 Å². The first-order valence-electron chi connectivity index (χ1n) is 23.3. The second-order valence-electron chi connectivity index (χ2n) is 16.4. The van der Waals surface area contributed by atoms with Gasteiger partial charge in [-0.15, -0.1) is 0 Å². The Morgan fingerprint density at radius 1 is 0.370 bits per heavy atom. The summed E-state index contributed by atoms with van der Waals surface area (Å²) in [6, 6.07) is 9.07. The van der Waals surface area contributed by atoms with Crippen molar-refractivity contribution in [2.75, 3.05) is 27.2 Å². The molecule has 0 N–H and O–H groups in total. The maximum atomic E-state index is 5.76. The Bertz CT molecular complexity index is 891. The minimum Gasteiger partial charge on any atom is -0.361 e. The first-order chi connectivity index (χ1) is 26.5. The Kier molecular flexibility index (Phi) is 37.9. The number of rotatable bonds is 38. The summed E-state index contributed by atoms with van der Waals surface area (Å²) in [7, 11) is 4.34. The lowest BCUT2D eigenvalue weighted by Crippen LogP contribution is -2.23. The van der Waals surface area contributed by atoms with Crippen molar-refractivity contribution in [2.45, 2.75) is 231 Å². The van der Waals surface area contributed by atoms with Gasteiger partial charge in [0.05, 0.1) is 0 Å². The number of thiocarbonyl (C=S) groups is 2. The van der Waals surface area contributed by atoms with Gasteiger partial charge in [-0.1, -0.05) is 279 Å². The summed E-state index contributed by atoms with van der Waals surface area (Å²) in [5, 5.41) is 0. The second kappa shape index (κ2) is 39.5. The van der Waals surface area contributed by atoms with E-state index in [9.17, 15) is 0 Å². The lowest BCUT2D eigenvalue weighted by Gasteiger charge is -2.20. The predicted octanol–water partition coefficient (Wildman–Crippen LogP) is 17.1. The Morgan fingerprint density at radius 3 is 0.796 bits per heavy atom. The van der Waals surface area contributed by atoms with Crippen LogP contribution in [0.1, 0.15) is 230 Å². The van der Waals surface area contributed by atoms with Gasteiger partial charge in [0.15, 0.2) is 0 Å². The van der Waals surface area contributed by atoms with Crippen LogP contribution in [0.5, 0.6) is 0 Å². The Balaban J connectivity index is 1.98. The van der Waals surface area contributed by atoms with Gasteiger partial charge in [0.25, 0.3) is 0 Å². The van der Waals surface area contributed by atoms with E-state index in [2.05, 4.69) is 62.0 Å². The van der Waals surface area contributed by atoms with Crippen LogP contribution in [-0.2, 0) is 11.5 Å². The summed E-state index contributed by atoms with van der Waals surface area (Å²) in [6.45, 7) is 6.76. The number of unbranched alkanes of at least 4 members (excludes halogenated alkanes) is 30. The van der Waals surface area contributed by atoms with Crippen molar-refractivity contribution in [1.29, 1.82) is 0 Å². The van der Waals surface area contributed by atoms with Crippen LogP contribution >= 0.6 is 48.0 Å². The lowest BCUT2D eigenvalue weighted by molar-refractivity contribution is 0.474. The zero-order valence-corrected chi connectivity index (χ0v) is 39.6. The molecule has 1 aromatic carbocycles. The van der Waals surface area contributed by atoms with E-state index in [4.69, 9.17) is 24.4 Å². The van der Waals surface area contributed by atoms with E-state index in [1.807, 2.05) is 0 Å². The Morgan fingerprint density at radius 2 is 0.574 bits per heavy atom. The van der Waals surface area contributed by atoms with E-state index in [1.54, 1.807) is 23.5 Å². The number of hydrogen-bond acceptors (Lipinski definition) is 4. The normalized spacial score (nSPS) is 11.3. The molecule has 0 radical (unpaired) electrons. The van der Waals surface area contributed by atoms with E-state index in [0.29, 0.717) is 0 Å². The van der Waals surface area contributed by atoms with Crippen LogP contribution in [0.3, 0.4) is 0 Å². The fourth-order valence-electron chi connectivity index (χ4n) is 7.22. The maximum Gasteiger partial charge on any atom is 0.136 e. The molecular formula is C48H88N2S4. The molecule has 1 rings (SSSR count). The largest absolute Gasteiger partial charge is 0.361 e. The van der Waals surface area contributed by atoms with Gasteiger partial charge in [-0.2, -0.15) is 0 Å². The van der Waals surface area contributed by atoms with Crippen molar-refractivity contribution in [2.24, 2.45) is 0 Å². The molecular weight excluding hydrogens is 733 g/mol. The van der Waals surface area contributed by atoms with Gasteiger partial charge in [0.2, 0.25) is 0 Å². The number of hydrogen-bond donors (Lipinski definition) is 0. The molecule has 0 aliphatic rings. The van der Waals surface area contributed by atoms with Crippen LogP contribution in [0.15, 0.2) is 24.3 Å². The molecule has 0 fully saturated rings. The summed E-state index contributed by atoms with van der Waals surface area (Å²) >= 11 is 15.1. The zero-order chi connectivity index (χ0) is 39.2. The summed E-state index contributed by atoms with van der Waals surface area (Å²) in [5.74, 6) is 1.88. The lowest BCUT2D eigenvalue weighted by atomic mass is 10.0. The van der Waals surface area contributed by atoms with Crippen LogP contribution in [0.2, 0.25) is 0 Å². The first-order valence-corrected chi connectivity index (χ1v) is 26.1. The van der Waals surface area contributed by atoms with Crippen molar-refractivity contribution in [3.05, 3.63) is 35.4 Å². The number of benzene rings is 1. The maximum absolute atomic E-state index is 5.76. The summed E-state index contributed by atoms with van der Waals surface area (Å²) < 4.78 is 2.04. The average Bonchev–Trinajstić information content (AvgIpc) is 3.18. The van der Waals surface area contributed by atoms with Crippen LogP contribution in [0, 0.1) is 0 Å². The van der Waals surface area contributed by atoms with E-state index in [0.717, 1.165) is 33.2 Å². The fourth-order valence-corrected chi connectivity index (χ4v) is 9.34. The predicted molar refractivity (Wildman–Crippen MR) is 259 cm³/mol. The Labute approximate surface area is 357 Å². The molecule has 2 nitrogen and oxygen atoms in total. The standard InChI is InChI=1S/C48H88N2S4/c1-5-7-9-11-13-15-17-19-21-23-25-27-29-31-33-35-41-49(3)47(51)53-43-45-37-39-46(40-38-45)44-54-48(52)50(4)42-36-34-32-30-28-26-24-22-20-18-16-14-12-10-8-6-2/h37-40H,5-36,41-44H2,1-4H3. The molecule has 0 bridgehead atoms. The van der Waals surface area contributed by atoms with Crippen LogP contribution in [0.4, 0.5) is 0 Å². The third kappa shape index (κ3) is 32.8. The molecule has 314 valence electrons. The molecule has 0 aromatic heterocycles. The van der Waals surface area contributed by atoms with Gasteiger partial charge in [-0.25, -0.2) is 0 Å². The van der Waals surface area contributed by atoms with Crippen LogP contribution < -0.4 is 0 Å². The molecule has 54 heavy (non-hydrogen) atoms. The highest BCUT2D eigenvalue weighted by atomic mass is 32.2. The highest BCUT2D eigenvalue weighted by Crippen LogP contribution is 2.21. The van der Waals surface area contributed by atoms with Crippen molar-refractivity contribution < 1.29 is 0 Å². The van der Waals surface area contributed by atoms with Crippen molar-refractivity contribution in [3.63, 3.8) is 0 Å². The van der Waals surface area contributed by atoms with Gasteiger partial charge < -0.3 is 9.80 Å². The molecule has 0 amide bonds. The minimum absolute atomic E-state index is 0.940. The monoisotopic (exact) mass is 821 g/mol. The van der Waals surface area contributed by atoms with E-state index in [-0.39, 0.29) is 0 Å². The molecule has 6 heteroatoms. The number of thioether (sulfide) groups is 2. The third-order valence-electron chi connectivity index (χ3n) is 11.1. The molecule has 0 spiro atoms. The van der Waals surface area contributed by atoms with Crippen molar-refractivity contribution in [3.8, 4) is 0 Å². The molecule has 0 aliphatic heterocycles. The highest BCUT2D eigenvalue weighted by molar-refractivity contribution is 8.22. The number of nitrogens with zero attached hydrogens (tertiary/aromatic N) is 2. The fraction of sp³-hybridized carbons (Fsp3) is 0.833. The van der Waals surface area contributed by atoms with Gasteiger partial charge in [0, 0.05) is 38.7 Å². The Hall–Kier alpha value is -0.300. The van der Waals surface area contributed by atoms with Gasteiger partial charge in [-0.3, -0.25) is 0 Å². The molecule has 0 unspecified atom stereocenters. The molecule has 0 aliphatic carbocycles. The molecule has 1 aromatic rings. The molecule has 0 saturated heterocycles. The molecule has 0 saturated carbocycles. The first kappa shape index (κ1) is 51.7. The van der Waals surface area contributed by atoms with Crippen LogP contribution in [-0.4, -0.2) is 45.6 Å². The SMILES string of the molecule is CCCCCCCCCCCCCCCCCCN(C)C(=S)SCc1ccc(CSC(=S)N(C)CCCCCCCCCCCCCCCCCC)cc1. The van der Waals surface area contributed by atoms with E-state index in [1.165, 1.54) is 217 Å². The summed E-state index contributed by atoms with van der Waals surface area (Å²) in [5.41, 5.74) is 2.69. The minimum atomic E-state index is 0.940. The smallest absolute Gasteiger partial charge is 0.136 e. The van der Waals surface area contributed by atoms with E-state index < -0.39 is 0 Å². The topological polar surface area (TPSA) is 6.48 Å². The summed E-state index contributed by atoms with van der Waals surface area (Å²) in [6.07, 6.45) is 45.2.